The van der Waals surface area contributed by atoms with Gasteiger partial charge in [0.2, 0.25) is 0 Å². The second kappa shape index (κ2) is 5.44. The number of tetrazole rings is 1. The minimum Gasteiger partial charge on any atom is -0.374 e. The summed E-state index contributed by atoms with van der Waals surface area (Å²) < 4.78 is 8.37. The van der Waals surface area contributed by atoms with E-state index in [2.05, 4.69) is 16.5 Å². The summed E-state index contributed by atoms with van der Waals surface area (Å²) in [6, 6.07) is 6.01. The van der Waals surface area contributed by atoms with Gasteiger partial charge in [0.15, 0.2) is 0 Å². The molecule has 0 saturated heterocycles. The highest BCUT2D eigenvalue weighted by Crippen LogP contribution is 2.42. The molecular formula is C15H20N4O2. The molecule has 2 aromatic rings. The van der Waals surface area contributed by atoms with Gasteiger partial charge in [-0.2, -0.15) is 9.36 Å². The summed E-state index contributed by atoms with van der Waals surface area (Å²) in [6.07, 6.45) is 2.55. The molecule has 112 valence electrons. The van der Waals surface area contributed by atoms with E-state index in [0.29, 0.717) is 12.5 Å². The minimum atomic E-state index is -0.242. The van der Waals surface area contributed by atoms with Crippen molar-refractivity contribution >= 4 is 0 Å². The maximum Gasteiger partial charge on any atom is 0.368 e. The molecule has 0 atom stereocenters. The van der Waals surface area contributed by atoms with Gasteiger partial charge in [-0.1, -0.05) is 12.1 Å². The van der Waals surface area contributed by atoms with Crippen molar-refractivity contribution < 1.29 is 4.74 Å². The summed E-state index contributed by atoms with van der Waals surface area (Å²) in [6.45, 7) is 4.50. The highest BCUT2D eigenvalue weighted by atomic mass is 16.5. The van der Waals surface area contributed by atoms with E-state index >= 15 is 0 Å². The third kappa shape index (κ3) is 2.76. The average Bonchev–Trinajstić information content (AvgIpc) is 3.24. The predicted molar refractivity (Wildman–Crippen MR) is 78.5 cm³/mol. The zero-order valence-electron chi connectivity index (χ0n) is 12.6. The van der Waals surface area contributed by atoms with Crippen LogP contribution in [0.15, 0.2) is 23.0 Å². The van der Waals surface area contributed by atoms with Crippen molar-refractivity contribution in [2.24, 2.45) is 7.05 Å². The van der Waals surface area contributed by atoms with E-state index in [1.54, 1.807) is 7.05 Å². The molecule has 1 aliphatic carbocycles. The zero-order chi connectivity index (χ0) is 15.0. The van der Waals surface area contributed by atoms with Crippen LogP contribution in [0.2, 0.25) is 0 Å². The van der Waals surface area contributed by atoms with E-state index in [1.807, 2.05) is 26.0 Å². The van der Waals surface area contributed by atoms with Gasteiger partial charge in [0.05, 0.1) is 18.4 Å². The molecule has 1 aromatic heterocycles. The number of nitrogens with zero attached hydrogens (tertiary/aromatic N) is 4. The molecule has 0 aliphatic heterocycles. The normalized spacial score (nSPS) is 14.9. The van der Waals surface area contributed by atoms with E-state index in [4.69, 9.17) is 4.74 Å². The van der Waals surface area contributed by atoms with Gasteiger partial charge in [0, 0.05) is 12.6 Å². The Labute approximate surface area is 123 Å². The lowest BCUT2D eigenvalue weighted by molar-refractivity contribution is 0.0652. The number of aryl methyl sites for hydroxylation is 1. The molecule has 1 saturated carbocycles. The Bertz CT molecular complexity index is 698. The van der Waals surface area contributed by atoms with Crippen molar-refractivity contribution in [3.05, 3.63) is 39.8 Å². The molecule has 0 N–H and O–H groups in total. The van der Waals surface area contributed by atoms with Gasteiger partial charge in [-0.05, 0) is 54.7 Å². The Morgan fingerprint density at radius 1 is 1.33 bits per heavy atom. The summed E-state index contributed by atoms with van der Waals surface area (Å²) >= 11 is 0. The fourth-order valence-electron chi connectivity index (χ4n) is 2.44. The highest BCUT2D eigenvalue weighted by Gasteiger charge is 2.28. The Morgan fingerprint density at radius 2 is 2.10 bits per heavy atom. The van der Waals surface area contributed by atoms with E-state index in [9.17, 15) is 4.79 Å². The number of benzene rings is 1. The third-order valence-corrected chi connectivity index (χ3v) is 3.72. The quantitative estimate of drug-likeness (QED) is 0.841. The number of rotatable bonds is 5. The molecule has 1 aromatic carbocycles. The standard InChI is InChI=1S/C15H20N4O2/c1-10(2)21-9-13-12(11-7-8-11)5-4-6-14(13)19-15(20)18(3)16-17-19/h4-6,10-11H,7-9H2,1-3H3. The molecule has 6 heteroatoms. The SMILES string of the molecule is CC(C)OCc1c(C2CC2)cccc1-n1nnn(C)c1=O. The van der Waals surface area contributed by atoms with Crippen molar-refractivity contribution in [2.75, 3.05) is 0 Å². The molecule has 1 fully saturated rings. The number of ether oxygens (including phenoxy) is 1. The lowest BCUT2D eigenvalue weighted by Gasteiger charge is -2.15. The smallest absolute Gasteiger partial charge is 0.368 e. The summed E-state index contributed by atoms with van der Waals surface area (Å²) in [5, 5.41) is 7.75. The number of aromatic nitrogens is 4. The van der Waals surface area contributed by atoms with Gasteiger partial charge in [-0.15, -0.1) is 0 Å². The monoisotopic (exact) mass is 288 g/mol. The molecule has 0 amide bonds. The molecule has 0 radical (unpaired) electrons. The van der Waals surface area contributed by atoms with Crippen LogP contribution in [-0.4, -0.2) is 25.9 Å². The summed E-state index contributed by atoms with van der Waals surface area (Å²) in [4.78, 5) is 12.1. The van der Waals surface area contributed by atoms with Crippen LogP contribution in [0.1, 0.15) is 43.7 Å². The highest BCUT2D eigenvalue weighted by molar-refractivity contribution is 5.47. The lowest BCUT2D eigenvalue weighted by atomic mass is 10.0. The average molecular weight is 288 g/mol. The molecule has 0 unspecified atom stereocenters. The van der Waals surface area contributed by atoms with Crippen LogP contribution in [0, 0.1) is 0 Å². The molecular weight excluding hydrogens is 268 g/mol. The number of hydrogen-bond donors (Lipinski definition) is 0. The third-order valence-electron chi connectivity index (χ3n) is 3.72. The topological polar surface area (TPSA) is 61.9 Å². The Kier molecular flexibility index (Phi) is 3.63. The molecule has 1 aliphatic rings. The first kappa shape index (κ1) is 14.0. The second-order valence-corrected chi connectivity index (χ2v) is 5.78. The van der Waals surface area contributed by atoms with Gasteiger partial charge < -0.3 is 4.74 Å². The van der Waals surface area contributed by atoms with Crippen LogP contribution < -0.4 is 5.69 Å². The van der Waals surface area contributed by atoms with E-state index in [-0.39, 0.29) is 11.8 Å². The Balaban J connectivity index is 2.08. The van der Waals surface area contributed by atoms with E-state index < -0.39 is 0 Å². The molecule has 6 nitrogen and oxygen atoms in total. The van der Waals surface area contributed by atoms with Crippen molar-refractivity contribution in [1.29, 1.82) is 0 Å². The second-order valence-electron chi connectivity index (χ2n) is 5.78. The van der Waals surface area contributed by atoms with Crippen molar-refractivity contribution in [3.8, 4) is 5.69 Å². The van der Waals surface area contributed by atoms with Crippen LogP contribution in [-0.2, 0) is 18.4 Å². The van der Waals surface area contributed by atoms with Gasteiger partial charge in [0.25, 0.3) is 0 Å². The van der Waals surface area contributed by atoms with Crippen LogP contribution in [0.25, 0.3) is 5.69 Å². The maximum absolute atomic E-state index is 12.1. The first-order valence-corrected chi connectivity index (χ1v) is 7.30. The zero-order valence-corrected chi connectivity index (χ0v) is 12.6. The van der Waals surface area contributed by atoms with Crippen molar-refractivity contribution in [1.82, 2.24) is 19.8 Å². The summed E-state index contributed by atoms with van der Waals surface area (Å²) in [5.41, 5.74) is 2.86. The van der Waals surface area contributed by atoms with Crippen LogP contribution in [0.5, 0.6) is 0 Å². The first-order valence-electron chi connectivity index (χ1n) is 7.30. The molecule has 0 bridgehead atoms. The fourth-order valence-corrected chi connectivity index (χ4v) is 2.44. The van der Waals surface area contributed by atoms with Gasteiger partial charge in [0.1, 0.15) is 0 Å². The minimum absolute atomic E-state index is 0.142. The first-order chi connectivity index (χ1) is 10.1. The number of hydrogen-bond acceptors (Lipinski definition) is 4. The van der Waals surface area contributed by atoms with Gasteiger partial charge >= 0.3 is 5.69 Å². The summed E-state index contributed by atoms with van der Waals surface area (Å²) in [7, 11) is 1.60. The largest absolute Gasteiger partial charge is 0.374 e. The van der Waals surface area contributed by atoms with Crippen molar-refractivity contribution in [2.45, 2.75) is 45.3 Å². The van der Waals surface area contributed by atoms with Crippen LogP contribution >= 0.6 is 0 Å². The fraction of sp³-hybridized carbons (Fsp3) is 0.533. The molecule has 1 heterocycles. The van der Waals surface area contributed by atoms with E-state index in [1.165, 1.54) is 27.8 Å². The predicted octanol–water partition coefficient (Wildman–Crippen LogP) is 1.77. The molecule has 0 spiro atoms. The van der Waals surface area contributed by atoms with Crippen molar-refractivity contribution in [3.63, 3.8) is 0 Å². The van der Waals surface area contributed by atoms with Crippen LogP contribution in [0.3, 0.4) is 0 Å². The van der Waals surface area contributed by atoms with Gasteiger partial charge in [-0.25, -0.2) is 4.79 Å². The van der Waals surface area contributed by atoms with Crippen LogP contribution in [0.4, 0.5) is 0 Å². The maximum atomic E-state index is 12.1. The van der Waals surface area contributed by atoms with E-state index in [0.717, 1.165) is 11.3 Å². The lowest BCUT2D eigenvalue weighted by Crippen LogP contribution is -2.23. The van der Waals surface area contributed by atoms with Gasteiger partial charge in [-0.3, -0.25) is 0 Å². The summed E-state index contributed by atoms with van der Waals surface area (Å²) in [5.74, 6) is 0.586. The Hall–Kier alpha value is -1.95. The molecule has 3 rings (SSSR count). The molecule has 21 heavy (non-hydrogen) atoms. The Morgan fingerprint density at radius 3 is 2.67 bits per heavy atom.